The second-order valence-corrected chi connectivity index (χ2v) is 7.35. The number of hydrogen-bond donors (Lipinski definition) is 2. The average molecular weight is 281 g/mol. The van der Waals surface area contributed by atoms with Gasteiger partial charge in [0.15, 0.2) is 0 Å². The summed E-state index contributed by atoms with van der Waals surface area (Å²) in [7, 11) is 0. The van der Waals surface area contributed by atoms with E-state index < -0.39 is 11.9 Å². The Labute approximate surface area is 119 Å². The summed E-state index contributed by atoms with van der Waals surface area (Å²) in [5.41, 5.74) is 0.194. The maximum atomic E-state index is 10.9. The van der Waals surface area contributed by atoms with E-state index in [4.69, 9.17) is 10.2 Å². The molecular formula is C15H23NO4. The van der Waals surface area contributed by atoms with Crippen molar-refractivity contribution in [3.63, 3.8) is 0 Å². The number of carboxylic acids is 2. The first-order valence-electron chi connectivity index (χ1n) is 7.60. The lowest BCUT2D eigenvalue weighted by molar-refractivity contribution is -0.144. The molecule has 0 amide bonds. The molecule has 0 saturated heterocycles. The molecule has 4 aliphatic carbocycles. The number of hydrogen-bond acceptors (Lipinski definition) is 3. The van der Waals surface area contributed by atoms with Gasteiger partial charge in [0, 0.05) is 6.54 Å². The van der Waals surface area contributed by atoms with Crippen molar-refractivity contribution in [1.82, 2.24) is 4.90 Å². The molecule has 5 nitrogen and oxygen atoms in total. The quantitative estimate of drug-likeness (QED) is 0.774. The molecule has 0 aromatic carbocycles. The Morgan fingerprint density at radius 3 is 1.65 bits per heavy atom. The van der Waals surface area contributed by atoms with E-state index >= 15 is 0 Å². The molecule has 0 radical (unpaired) electrons. The first kappa shape index (κ1) is 13.9. The highest BCUT2D eigenvalue weighted by Crippen LogP contribution is 2.60. The van der Waals surface area contributed by atoms with Crippen LogP contribution in [0.25, 0.3) is 0 Å². The maximum absolute atomic E-state index is 10.9. The van der Waals surface area contributed by atoms with Gasteiger partial charge < -0.3 is 10.2 Å². The molecule has 4 aliphatic rings. The summed E-state index contributed by atoms with van der Waals surface area (Å²) in [4.78, 5) is 23.5. The van der Waals surface area contributed by atoms with Gasteiger partial charge in [-0.2, -0.15) is 0 Å². The van der Waals surface area contributed by atoms with Crippen LogP contribution in [0, 0.1) is 23.2 Å². The summed E-state index contributed by atoms with van der Waals surface area (Å²) >= 11 is 0. The number of rotatable bonds is 6. The molecule has 4 rings (SSSR count). The van der Waals surface area contributed by atoms with Gasteiger partial charge in [0.1, 0.15) is 0 Å². The van der Waals surface area contributed by atoms with E-state index in [0.717, 1.165) is 17.8 Å². The molecule has 4 fully saturated rings. The molecule has 4 bridgehead atoms. The molecular weight excluding hydrogens is 258 g/mol. The number of carboxylic acid groups (broad SMARTS) is 2. The van der Waals surface area contributed by atoms with E-state index in [0.29, 0.717) is 6.54 Å². The van der Waals surface area contributed by atoms with E-state index in [-0.39, 0.29) is 18.5 Å². The fourth-order valence-electron chi connectivity index (χ4n) is 5.51. The molecule has 20 heavy (non-hydrogen) atoms. The largest absolute Gasteiger partial charge is 0.480 e. The fraction of sp³-hybridized carbons (Fsp3) is 0.867. The van der Waals surface area contributed by atoms with Gasteiger partial charge in [0.2, 0.25) is 0 Å². The van der Waals surface area contributed by atoms with Gasteiger partial charge in [-0.1, -0.05) is 0 Å². The van der Waals surface area contributed by atoms with Crippen molar-refractivity contribution >= 4 is 11.9 Å². The maximum Gasteiger partial charge on any atom is 0.317 e. The van der Waals surface area contributed by atoms with Crippen molar-refractivity contribution in [3.8, 4) is 0 Å². The van der Waals surface area contributed by atoms with Crippen LogP contribution in [0.15, 0.2) is 0 Å². The SMILES string of the molecule is O=C(O)CN(CC(=O)O)CC12CC3CC(CC(C3)C1)C2. The van der Waals surface area contributed by atoms with Gasteiger partial charge in [-0.15, -0.1) is 0 Å². The highest BCUT2D eigenvalue weighted by molar-refractivity contribution is 5.72. The van der Waals surface area contributed by atoms with Gasteiger partial charge >= 0.3 is 11.9 Å². The lowest BCUT2D eigenvalue weighted by Crippen LogP contribution is -2.52. The average Bonchev–Trinajstić information content (AvgIpc) is 2.23. The minimum atomic E-state index is -0.934. The topological polar surface area (TPSA) is 77.8 Å². The predicted molar refractivity (Wildman–Crippen MR) is 72.3 cm³/mol. The van der Waals surface area contributed by atoms with E-state index in [1.54, 1.807) is 4.90 Å². The standard InChI is InChI=1S/C15H23NO4/c17-13(18)7-16(8-14(19)20)9-15-4-10-1-11(5-15)3-12(2-10)6-15/h10-12H,1-9H2,(H,17,18)(H,19,20). The summed E-state index contributed by atoms with van der Waals surface area (Å²) in [5.74, 6) is 0.542. The second kappa shape index (κ2) is 5.02. The van der Waals surface area contributed by atoms with Crippen molar-refractivity contribution in [2.45, 2.75) is 38.5 Å². The molecule has 0 atom stereocenters. The van der Waals surface area contributed by atoms with E-state index in [2.05, 4.69) is 0 Å². The lowest BCUT2D eigenvalue weighted by atomic mass is 9.49. The molecule has 5 heteroatoms. The highest BCUT2D eigenvalue weighted by atomic mass is 16.4. The molecule has 0 aromatic heterocycles. The van der Waals surface area contributed by atoms with Gasteiger partial charge in [0.25, 0.3) is 0 Å². The lowest BCUT2D eigenvalue weighted by Gasteiger charge is -2.57. The first-order valence-corrected chi connectivity index (χ1v) is 7.60. The van der Waals surface area contributed by atoms with Crippen molar-refractivity contribution in [1.29, 1.82) is 0 Å². The Bertz CT molecular complexity index is 369. The third-order valence-corrected chi connectivity index (χ3v) is 5.44. The normalized spacial score (nSPS) is 38.4. The van der Waals surface area contributed by atoms with Crippen LogP contribution in [0.2, 0.25) is 0 Å². The summed E-state index contributed by atoms with van der Waals surface area (Å²) in [6, 6.07) is 0. The van der Waals surface area contributed by atoms with Gasteiger partial charge in [-0.25, -0.2) is 0 Å². The fourth-order valence-corrected chi connectivity index (χ4v) is 5.51. The zero-order valence-corrected chi connectivity index (χ0v) is 11.8. The van der Waals surface area contributed by atoms with Crippen LogP contribution in [-0.2, 0) is 9.59 Å². The predicted octanol–water partition coefficient (Wildman–Crippen LogP) is 1.67. The van der Waals surface area contributed by atoms with Crippen LogP contribution >= 0.6 is 0 Å². The molecule has 0 spiro atoms. The number of carbonyl (C=O) groups is 2. The molecule has 4 saturated carbocycles. The summed E-state index contributed by atoms with van der Waals surface area (Å²) in [6.45, 7) is 0.331. The van der Waals surface area contributed by atoms with Gasteiger partial charge in [0.05, 0.1) is 13.1 Å². The van der Waals surface area contributed by atoms with Crippen molar-refractivity contribution in [2.75, 3.05) is 19.6 Å². The molecule has 112 valence electrons. The monoisotopic (exact) mass is 281 g/mol. The second-order valence-electron chi connectivity index (χ2n) is 7.35. The van der Waals surface area contributed by atoms with Gasteiger partial charge in [-0.05, 0) is 61.7 Å². The third-order valence-electron chi connectivity index (χ3n) is 5.44. The van der Waals surface area contributed by atoms with Crippen LogP contribution < -0.4 is 0 Å². The highest BCUT2D eigenvalue weighted by Gasteiger charge is 2.51. The van der Waals surface area contributed by atoms with Crippen LogP contribution in [0.4, 0.5) is 0 Å². The summed E-state index contributed by atoms with van der Waals surface area (Å²) in [5, 5.41) is 18.0. The molecule has 0 aromatic rings. The van der Waals surface area contributed by atoms with Crippen LogP contribution in [0.3, 0.4) is 0 Å². The Hall–Kier alpha value is -1.10. The van der Waals surface area contributed by atoms with E-state index in [1.165, 1.54) is 38.5 Å². The summed E-state index contributed by atoms with van der Waals surface area (Å²) < 4.78 is 0. The van der Waals surface area contributed by atoms with E-state index in [1.807, 2.05) is 0 Å². The smallest absolute Gasteiger partial charge is 0.317 e. The Morgan fingerprint density at radius 1 is 0.900 bits per heavy atom. The molecule has 0 unspecified atom stereocenters. The number of aliphatic carboxylic acids is 2. The van der Waals surface area contributed by atoms with Crippen LogP contribution in [0.5, 0.6) is 0 Å². The summed E-state index contributed by atoms with van der Waals surface area (Å²) in [6.07, 6.45) is 7.56. The van der Waals surface area contributed by atoms with Crippen molar-refractivity contribution in [3.05, 3.63) is 0 Å². The molecule has 0 aliphatic heterocycles. The Morgan fingerprint density at radius 2 is 1.30 bits per heavy atom. The zero-order chi connectivity index (χ0) is 14.3. The van der Waals surface area contributed by atoms with Crippen molar-refractivity contribution in [2.24, 2.45) is 23.2 Å². The first-order chi connectivity index (χ1) is 9.44. The van der Waals surface area contributed by atoms with Crippen molar-refractivity contribution < 1.29 is 19.8 Å². The molecule has 0 heterocycles. The van der Waals surface area contributed by atoms with Crippen LogP contribution in [-0.4, -0.2) is 46.7 Å². The minimum absolute atomic E-state index is 0.159. The Balaban J connectivity index is 1.70. The van der Waals surface area contributed by atoms with Gasteiger partial charge in [-0.3, -0.25) is 14.5 Å². The Kier molecular flexibility index (Phi) is 3.48. The molecule has 2 N–H and O–H groups in total. The number of nitrogens with zero attached hydrogens (tertiary/aromatic N) is 1. The third kappa shape index (κ3) is 2.82. The minimum Gasteiger partial charge on any atom is -0.480 e. The zero-order valence-electron chi connectivity index (χ0n) is 11.8. The van der Waals surface area contributed by atoms with Crippen LogP contribution in [0.1, 0.15) is 38.5 Å². The van der Waals surface area contributed by atoms with E-state index in [9.17, 15) is 9.59 Å².